The number of hydrazine groups is 1. The maximum Gasteiger partial charge on any atom is 0.474 e. The summed E-state index contributed by atoms with van der Waals surface area (Å²) < 4.78 is 36.8. The topological polar surface area (TPSA) is 71.8 Å². The number of hydrogen-bond acceptors (Lipinski definition) is 5. The highest BCUT2D eigenvalue weighted by atomic mass is 35.5. The van der Waals surface area contributed by atoms with Gasteiger partial charge in [-0.05, 0) is 18.2 Å². The summed E-state index contributed by atoms with van der Waals surface area (Å²) in [5.74, 6) is -0.526. The van der Waals surface area contributed by atoms with Gasteiger partial charge in [0.2, 0.25) is 5.95 Å². The summed E-state index contributed by atoms with van der Waals surface area (Å²) >= 11 is 11.6. The molecule has 0 aliphatic heterocycles. The van der Waals surface area contributed by atoms with Crippen LogP contribution >= 0.6 is 23.2 Å². The Morgan fingerprint density at radius 1 is 1.14 bits per heavy atom. The van der Waals surface area contributed by atoms with Crippen molar-refractivity contribution in [2.24, 2.45) is 0 Å². The summed E-state index contributed by atoms with van der Waals surface area (Å²) in [7, 11) is 0. The quantitative estimate of drug-likeness (QED) is 0.663. The van der Waals surface area contributed by atoms with E-state index >= 15 is 0 Å². The second-order valence-electron chi connectivity index (χ2n) is 3.71. The molecular weight excluding hydrogens is 334 g/mol. The molecule has 0 atom stereocenters. The van der Waals surface area contributed by atoms with Gasteiger partial charge in [0.1, 0.15) is 6.33 Å². The minimum atomic E-state index is -4.68. The number of nitrogens with one attached hydrogen (secondary N) is 2. The highest BCUT2D eigenvalue weighted by Gasteiger charge is 2.27. The van der Waals surface area contributed by atoms with Crippen LogP contribution in [0.1, 0.15) is 0 Å². The van der Waals surface area contributed by atoms with Crippen LogP contribution in [0, 0.1) is 0 Å². The Labute approximate surface area is 125 Å². The van der Waals surface area contributed by atoms with Crippen LogP contribution in [0.2, 0.25) is 10.0 Å². The molecule has 0 saturated carbocycles. The smallest absolute Gasteiger partial charge is 0.282 e. The van der Waals surface area contributed by atoms with Crippen LogP contribution in [0.25, 0.3) is 5.69 Å². The van der Waals surface area contributed by atoms with Crippen molar-refractivity contribution in [1.29, 1.82) is 0 Å². The van der Waals surface area contributed by atoms with Crippen LogP contribution in [0.3, 0.4) is 0 Å². The van der Waals surface area contributed by atoms with Crippen molar-refractivity contribution in [1.82, 2.24) is 20.0 Å². The van der Waals surface area contributed by atoms with E-state index in [9.17, 15) is 18.0 Å². The molecule has 2 N–H and O–H groups in total. The van der Waals surface area contributed by atoms with Gasteiger partial charge >= 0.3 is 12.0 Å². The molecule has 21 heavy (non-hydrogen) atoms. The molecule has 112 valence electrons. The lowest BCUT2D eigenvalue weighted by molar-refractivity contribution is -0.151. The van der Waals surface area contributed by atoms with Crippen molar-refractivity contribution in [2.75, 3.05) is 5.43 Å². The number of hydrogen-bond donors (Lipinski definition) is 2. The zero-order valence-corrected chi connectivity index (χ0v) is 11.5. The second-order valence-corrected chi connectivity index (χ2v) is 4.58. The SMILES string of the molecule is O=c1nc(NNC(F)(F)F)ncn1-c1cc(Cl)cc(Cl)c1. The molecule has 0 unspecified atom stereocenters. The Kier molecular flexibility index (Phi) is 4.35. The molecule has 0 amide bonds. The van der Waals surface area contributed by atoms with Crippen molar-refractivity contribution in [3.63, 3.8) is 0 Å². The lowest BCUT2D eigenvalue weighted by Crippen LogP contribution is -2.38. The second kappa shape index (κ2) is 5.88. The number of aromatic nitrogens is 3. The van der Waals surface area contributed by atoms with E-state index in [-0.39, 0.29) is 15.7 Å². The number of halogens is 5. The maximum atomic E-state index is 11.9. The minimum absolute atomic E-state index is 0.283. The molecule has 0 radical (unpaired) electrons. The van der Waals surface area contributed by atoms with Crippen molar-refractivity contribution in [2.45, 2.75) is 6.30 Å². The molecular formula is C10H6Cl2F3N5O. The molecule has 11 heteroatoms. The normalized spacial score (nSPS) is 11.5. The fraction of sp³-hybridized carbons (Fsp3) is 0.100. The maximum absolute atomic E-state index is 11.9. The van der Waals surface area contributed by atoms with E-state index in [0.717, 1.165) is 16.3 Å². The van der Waals surface area contributed by atoms with Crippen LogP contribution in [0.4, 0.5) is 19.1 Å². The molecule has 0 aliphatic carbocycles. The Balaban J connectivity index is 2.29. The van der Waals surface area contributed by atoms with Gasteiger partial charge in [0, 0.05) is 10.0 Å². The van der Waals surface area contributed by atoms with Crippen LogP contribution in [0.15, 0.2) is 29.3 Å². The van der Waals surface area contributed by atoms with Crippen LogP contribution in [-0.4, -0.2) is 20.8 Å². The Morgan fingerprint density at radius 2 is 1.76 bits per heavy atom. The van der Waals surface area contributed by atoms with Gasteiger partial charge in [-0.25, -0.2) is 9.78 Å². The summed E-state index contributed by atoms with van der Waals surface area (Å²) in [6.45, 7) is 0. The van der Waals surface area contributed by atoms with Crippen molar-refractivity contribution in [3.8, 4) is 5.69 Å². The minimum Gasteiger partial charge on any atom is -0.282 e. The summed E-state index contributed by atoms with van der Waals surface area (Å²) in [6, 6.07) is 4.32. The van der Waals surface area contributed by atoms with Gasteiger partial charge in [0.15, 0.2) is 0 Å². The van der Waals surface area contributed by atoms with E-state index in [4.69, 9.17) is 23.2 Å². The largest absolute Gasteiger partial charge is 0.474 e. The first kappa shape index (κ1) is 15.5. The molecule has 1 aromatic heterocycles. The van der Waals surface area contributed by atoms with Gasteiger partial charge in [0.05, 0.1) is 5.69 Å². The first-order chi connectivity index (χ1) is 9.74. The van der Waals surface area contributed by atoms with E-state index in [0.29, 0.717) is 0 Å². The van der Waals surface area contributed by atoms with E-state index in [2.05, 4.69) is 9.97 Å². The van der Waals surface area contributed by atoms with Gasteiger partial charge in [-0.3, -0.25) is 9.99 Å². The Bertz CT molecular complexity index is 698. The van der Waals surface area contributed by atoms with E-state index < -0.39 is 17.9 Å². The fourth-order valence-electron chi connectivity index (χ4n) is 1.38. The fourth-order valence-corrected chi connectivity index (χ4v) is 1.89. The highest BCUT2D eigenvalue weighted by Crippen LogP contribution is 2.20. The van der Waals surface area contributed by atoms with Crippen LogP contribution in [0.5, 0.6) is 0 Å². The standard InChI is InChI=1S/C10H6Cl2F3N5O/c11-5-1-6(12)3-7(2-5)20-4-16-8(17-9(20)21)18-19-10(13,14)15/h1-4,19H,(H,17,18,21). The van der Waals surface area contributed by atoms with Gasteiger partial charge < -0.3 is 0 Å². The molecule has 2 rings (SSSR count). The molecule has 0 saturated heterocycles. The van der Waals surface area contributed by atoms with Gasteiger partial charge in [-0.1, -0.05) is 23.2 Å². The lowest BCUT2D eigenvalue weighted by Gasteiger charge is -2.10. The third-order valence-electron chi connectivity index (χ3n) is 2.14. The number of anilines is 1. The van der Waals surface area contributed by atoms with Crippen molar-refractivity contribution < 1.29 is 13.2 Å². The molecule has 6 nitrogen and oxygen atoms in total. The molecule has 0 aliphatic rings. The first-order valence-corrected chi connectivity index (χ1v) is 6.02. The predicted molar refractivity (Wildman–Crippen MR) is 70.5 cm³/mol. The van der Waals surface area contributed by atoms with E-state index in [1.54, 1.807) is 5.43 Å². The van der Waals surface area contributed by atoms with Gasteiger partial charge in [-0.2, -0.15) is 18.2 Å². The Hall–Kier alpha value is -1.84. The molecule has 2 aromatic rings. The zero-order valence-electron chi connectivity index (χ0n) is 9.95. The highest BCUT2D eigenvalue weighted by molar-refractivity contribution is 6.34. The van der Waals surface area contributed by atoms with Gasteiger partial charge in [0.25, 0.3) is 0 Å². The lowest BCUT2D eigenvalue weighted by atomic mass is 10.3. The van der Waals surface area contributed by atoms with Crippen LogP contribution in [-0.2, 0) is 0 Å². The predicted octanol–water partition coefficient (Wildman–Crippen LogP) is 2.37. The zero-order chi connectivity index (χ0) is 15.6. The van der Waals surface area contributed by atoms with E-state index in [1.807, 2.05) is 0 Å². The summed E-state index contributed by atoms with van der Waals surface area (Å²) in [5.41, 5.74) is 2.07. The number of nitrogens with zero attached hydrogens (tertiary/aromatic N) is 3. The third kappa shape index (κ3) is 4.31. The number of benzene rings is 1. The average molecular weight is 340 g/mol. The average Bonchev–Trinajstić information content (AvgIpc) is 2.34. The summed E-state index contributed by atoms with van der Waals surface area (Å²) in [5, 5.41) is 0.565. The molecule has 1 heterocycles. The molecule has 1 aromatic carbocycles. The molecule has 0 spiro atoms. The van der Waals surface area contributed by atoms with Gasteiger partial charge in [-0.15, -0.1) is 5.43 Å². The first-order valence-electron chi connectivity index (χ1n) is 5.27. The molecule has 0 fully saturated rings. The van der Waals surface area contributed by atoms with Crippen molar-refractivity contribution in [3.05, 3.63) is 45.1 Å². The van der Waals surface area contributed by atoms with Crippen LogP contribution < -0.4 is 16.5 Å². The summed E-state index contributed by atoms with van der Waals surface area (Å²) in [4.78, 5) is 18.7. The van der Waals surface area contributed by atoms with E-state index in [1.165, 1.54) is 18.2 Å². The summed E-state index contributed by atoms with van der Waals surface area (Å²) in [6.07, 6.45) is -3.68. The molecule has 0 bridgehead atoms. The monoisotopic (exact) mass is 339 g/mol. The Morgan fingerprint density at radius 3 is 2.29 bits per heavy atom. The number of rotatable bonds is 3. The van der Waals surface area contributed by atoms with Crippen molar-refractivity contribution >= 4 is 29.2 Å². The third-order valence-corrected chi connectivity index (χ3v) is 2.58. The number of alkyl halides is 3.